The third kappa shape index (κ3) is 22.8. The molecule has 0 rings (SSSR count). The zero-order valence-corrected chi connectivity index (χ0v) is 21.0. The summed E-state index contributed by atoms with van der Waals surface area (Å²) in [5, 5.41) is 1.46. The summed E-state index contributed by atoms with van der Waals surface area (Å²) in [5.74, 6) is 1.02. The molecule has 2 nitrogen and oxygen atoms in total. The van der Waals surface area contributed by atoms with E-state index in [1.165, 1.54) is 75.6 Å². The quantitative estimate of drug-likeness (QED) is 0.134. The van der Waals surface area contributed by atoms with Crippen molar-refractivity contribution in [3.05, 3.63) is 0 Å². The van der Waals surface area contributed by atoms with E-state index < -0.39 is 0 Å². The number of rotatable bonds is 18. The molecule has 0 aliphatic carbocycles. The maximum Gasteiger partial charge on any atom is -0.197 e. The largest absolute Gasteiger partial charge is 0.197 e. The molecule has 142 valence electrons. The molecule has 0 aromatic carbocycles. The Labute approximate surface area is 168 Å². The van der Waals surface area contributed by atoms with Crippen molar-refractivity contribution in [3.63, 3.8) is 0 Å². The third-order valence-electron chi connectivity index (χ3n) is 4.10. The molecule has 0 heterocycles. The Morgan fingerprint density at radius 1 is 0.833 bits per heavy atom. The van der Waals surface area contributed by atoms with Crippen molar-refractivity contribution in [2.75, 3.05) is 12.4 Å². The van der Waals surface area contributed by atoms with Gasteiger partial charge >= 0.3 is 123 Å². The van der Waals surface area contributed by atoms with Crippen LogP contribution in [0.3, 0.4) is 0 Å². The molecule has 0 atom stereocenters. The molecule has 0 amide bonds. The van der Waals surface area contributed by atoms with Crippen LogP contribution in [0.1, 0.15) is 97.3 Å². The van der Waals surface area contributed by atoms with Gasteiger partial charge in [-0.15, -0.1) is 0 Å². The van der Waals surface area contributed by atoms with E-state index in [0.29, 0.717) is 13.0 Å². The molecule has 5 heteroatoms. The molecule has 0 aliphatic heterocycles. The Hall–Kier alpha value is 0.793. The van der Waals surface area contributed by atoms with Crippen LogP contribution in [0.5, 0.6) is 0 Å². The molecule has 0 bridgehead atoms. The second-order valence-electron chi connectivity index (χ2n) is 6.47. The Bertz CT molecular complexity index is 254. The van der Waals surface area contributed by atoms with Gasteiger partial charge in [-0.2, -0.15) is 13.5 Å². The number of ether oxygens (including phenoxy) is 1. The van der Waals surface area contributed by atoms with E-state index in [1.807, 2.05) is 0 Å². The van der Waals surface area contributed by atoms with Gasteiger partial charge in [-0.1, -0.05) is 32.6 Å². The number of esters is 1. The number of carbonyl (C=O) groups is 1. The zero-order chi connectivity index (χ0) is 17.0. The van der Waals surface area contributed by atoms with Crippen molar-refractivity contribution >= 4 is 29.2 Å². The molecule has 0 radical (unpaired) electrons. The Morgan fingerprint density at radius 3 is 1.96 bits per heavy atom. The van der Waals surface area contributed by atoms with E-state index >= 15 is 0 Å². The van der Waals surface area contributed by atoms with Gasteiger partial charge in [0.25, 0.3) is 0 Å². The number of unbranched alkanes of at least 4 members (excludes halogenated alkanes) is 10. The van der Waals surface area contributed by atoms with E-state index in [0.717, 1.165) is 12.2 Å². The van der Waals surface area contributed by atoms with Crippen LogP contribution in [0.25, 0.3) is 0 Å². The van der Waals surface area contributed by atoms with Gasteiger partial charge in [0.05, 0.1) is 0 Å². The fourth-order valence-corrected chi connectivity index (χ4v) is 9.29. The first-order valence-corrected chi connectivity index (χ1v) is 16.9. The van der Waals surface area contributed by atoms with E-state index in [2.05, 4.69) is 23.6 Å². The topological polar surface area (TPSA) is 26.3 Å². The van der Waals surface area contributed by atoms with Gasteiger partial charge in [-0.05, 0) is 0 Å². The monoisotopic (exact) mass is 428 g/mol. The second kappa shape index (κ2) is 23.8. The van der Waals surface area contributed by atoms with E-state index in [-0.39, 0.29) is 35.4 Å². The standard InChI is InChI=1S/C15H30O2S.C4H9.H2S.Zn/c1-2-3-4-5-6-7-8-9-10-11-13-17-15(16)12-14-18;1-3-4-2;;/h18H,2-14H2,1H3;1,3-4H2,2H3;1H2;/q;;;+1/p-1. The minimum Gasteiger partial charge on any atom is -0.197 e. The van der Waals surface area contributed by atoms with Crippen molar-refractivity contribution in [2.45, 2.75) is 102 Å². The Morgan fingerprint density at radius 2 is 1.38 bits per heavy atom. The molecule has 0 aromatic heterocycles. The summed E-state index contributed by atoms with van der Waals surface area (Å²) >= 11 is -0.382. The summed E-state index contributed by atoms with van der Waals surface area (Å²) in [6, 6.07) is 0. The zero-order valence-electron chi connectivity index (χ0n) is 16.2. The molecule has 0 N–H and O–H groups in total. The van der Waals surface area contributed by atoms with Gasteiger partial charge in [0, 0.05) is 0 Å². The van der Waals surface area contributed by atoms with Crippen LogP contribution in [0, 0.1) is 0 Å². The first-order chi connectivity index (χ1) is 11.3. The molecule has 0 fully saturated rings. The summed E-state index contributed by atoms with van der Waals surface area (Å²) in [5.41, 5.74) is 0. The van der Waals surface area contributed by atoms with Crippen LogP contribution in [-0.4, -0.2) is 18.3 Å². The average Bonchev–Trinajstić information content (AvgIpc) is 2.56. The molecule has 24 heavy (non-hydrogen) atoms. The number of hydrogen-bond acceptors (Lipinski definition) is 3. The maximum absolute atomic E-state index is 11.6. The molecule has 0 aliphatic rings. The summed E-state index contributed by atoms with van der Waals surface area (Å²) in [6.45, 7) is 5.15. The van der Waals surface area contributed by atoms with Gasteiger partial charge in [-0.3, -0.25) is 0 Å². The van der Waals surface area contributed by atoms with Crippen molar-refractivity contribution in [1.29, 1.82) is 0 Å². The summed E-state index contributed by atoms with van der Waals surface area (Å²) in [7, 11) is 2.07. The first-order valence-electron chi connectivity index (χ1n) is 10.0. The summed E-state index contributed by atoms with van der Waals surface area (Å²) < 4.78 is 5.31. The van der Waals surface area contributed by atoms with Crippen molar-refractivity contribution in [2.24, 2.45) is 0 Å². The molecule has 0 spiro atoms. The van der Waals surface area contributed by atoms with Crippen LogP contribution in [0.4, 0.5) is 0 Å². The van der Waals surface area contributed by atoms with E-state index in [9.17, 15) is 4.79 Å². The number of hydrogen-bond donors (Lipinski definition) is 0. The first kappa shape index (κ1) is 27.0. The fourth-order valence-electron chi connectivity index (χ4n) is 2.56. The number of carbonyl (C=O) groups excluding carboxylic acids is 1. The van der Waals surface area contributed by atoms with Crippen LogP contribution in [-0.2, 0) is 25.4 Å². The SMILES string of the molecule is CCCCCCCCCCCCOC(=O)CC[S][Zn][CH2]CCC.S. The van der Waals surface area contributed by atoms with Gasteiger partial charge in [0.2, 0.25) is 0 Å². The van der Waals surface area contributed by atoms with Crippen molar-refractivity contribution in [3.8, 4) is 0 Å². The van der Waals surface area contributed by atoms with Crippen LogP contribution >= 0.6 is 23.2 Å². The predicted molar refractivity (Wildman–Crippen MR) is 110 cm³/mol. The fraction of sp³-hybridized carbons (Fsp3) is 0.947. The Kier molecular flexibility index (Phi) is 26.8. The van der Waals surface area contributed by atoms with E-state index in [4.69, 9.17) is 4.74 Å². The van der Waals surface area contributed by atoms with E-state index in [1.54, 1.807) is 0 Å². The normalized spacial score (nSPS) is 10.1. The van der Waals surface area contributed by atoms with Crippen LogP contribution in [0.15, 0.2) is 0 Å². The molecule has 0 saturated heterocycles. The molecule has 0 saturated carbocycles. The van der Waals surface area contributed by atoms with Gasteiger partial charge < -0.3 is 0 Å². The smallest absolute Gasteiger partial charge is 0.197 e. The maximum atomic E-state index is 11.6. The molecule has 0 unspecified atom stereocenters. The van der Waals surface area contributed by atoms with Gasteiger partial charge in [-0.25, -0.2) is 0 Å². The third-order valence-corrected chi connectivity index (χ3v) is 11.7. The van der Waals surface area contributed by atoms with Crippen LogP contribution in [0.2, 0.25) is 5.02 Å². The van der Waals surface area contributed by atoms with Gasteiger partial charge in [0.1, 0.15) is 0 Å². The van der Waals surface area contributed by atoms with Crippen molar-refractivity contribution < 1.29 is 25.4 Å². The van der Waals surface area contributed by atoms with Crippen LogP contribution < -0.4 is 0 Å². The summed E-state index contributed by atoms with van der Waals surface area (Å²) in [6.07, 6.45) is 16.5. The second-order valence-corrected chi connectivity index (χ2v) is 14.3. The molecule has 0 aromatic rings. The van der Waals surface area contributed by atoms with Gasteiger partial charge in [0.15, 0.2) is 0 Å². The predicted octanol–water partition coefficient (Wildman–Crippen LogP) is 6.90. The van der Waals surface area contributed by atoms with Crippen molar-refractivity contribution in [1.82, 2.24) is 0 Å². The minimum atomic E-state index is -0.382. The molecular formula is C19H40O2S2Zn. The molecular weight excluding hydrogens is 390 g/mol. The average molecular weight is 430 g/mol. The Balaban J connectivity index is 0. The minimum absolute atomic E-state index is 0. The summed E-state index contributed by atoms with van der Waals surface area (Å²) in [4.78, 5) is 11.6.